The molecule has 0 unspecified atom stereocenters. The molecule has 182 valence electrons. The van der Waals surface area contributed by atoms with Crippen molar-refractivity contribution in [2.45, 2.75) is 0 Å². The second-order valence-corrected chi connectivity index (χ2v) is 10.3. The van der Waals surface area contributed by atoms with Gasteiger partial charge >= 0.3 is 0 Å². The summed E-state index contributed by atoms with van der Waals surface area (Å²) >= 11 is 0. The van der Waals surface area contributed by atoms with Crippen LogP contribution in [-0.4, -0.2) is 0 Å². The third kappa shape index (κ3) is 3.63. The van der Waals surface area contributed by atoms with Gasteiger partial charge in [-0.3, -0.25) is 0 Å². The van der Waals surface area contributed by atoms with Gasteiger partial charge in [0, 0.05) is 16.8 Å². The Labute approximate surface area is 227 Å². The summed E-state index contributed by atoms with van der Waals surface area (Å²) in [5.41, 5.74) is 3.47. The minimum atomic E-state index is 1.15. The molecule has 0 aliphatic heterocycles. The Hall–Kier alpha value is -5.14. The Balaban J connectivity index is 1.42. The van der Waals surface area contributed by atoms with Gasteiger partial charge in [-0.25, -0.2) is 0 Å². The van der Waals surface area contributed by atoms with Gasteiger partial charge in [-0.15, -0.1) is 0 Å². The lowest BCUT2D eigenvalue weighted by atomic mass is 9.97. The zero-order valence-corrected chi connectivity index (χ0v) is 21.4. The average Bonchev–Trinajstić information content (AvgIpc) is 3.00. The van der Waals surface area contributed by atoms with Crippen LogP contribution in [0.4, 0.5) is 17.1 Å². The second kappa shape index (κ2) is 8.72. The molecule has 0 bridgehead atoms. The van der Waals surface area contributed by atoms with Crippen molar-refractivity contribution in [1.29, 1.82) is 0 Å². The summed E-state index contributed by atoms with van der Waals surface area (Å²) in [5, 5.41) is 12.6. The van der Waals surface area contributed by atoms with Gasteiger partial charge in [0.05, 0.1) is 5.69 Å². The van der Waals surface area contributed by atoms with E-state index in [1.807, 2.05) is 0 Å². The van der Waals surface area contributed by atoms with Crippen LogP contribution in [0.5, 0.6) is 0 Å². The molecule has 1 nitrogen and oxygen atoms in total. The third-order valence-electron chi connectivity index (χ3n) is 7.94. The number of hydrogen-bond donors (Lipinski definition) is 0. The number of nitrogens with zero attached hydrogens (tertiary/aromatic N) is 1. The second-order valence-electron chi connectivity index (χ2n) is 10.3. The highest BCUT2D eigenvalue weighted by molar-refractivity contribution is 6.16. The maximum Gasteiger partial charge on any atom is 0.0540 e. The minimum absolute atomic E-state index is 1.15. The van der Waals surface area contributed by atoms with E-state index >= 15 is 0 Å². The van der Waals surface area contributed by atoms with Crippen molar-refractivity contribution in [1.82, 2.24) is 0 Å². The summed E-state index contributed by atoms with van der Waals surface area (Å²) in [6, 6.07) is 55.2. The smallest absolute Gasteiger partial charge is 0.0540 e. The molecule has 0 amide bonds. The van der Waals surface area contributed by atoms with Crippen LogP contribution in [0.1, 0.15) is 0 Å². The normalized spacial score (nSPS) is 11.6. The molecular formula is C38H25N. The largest absolute Gasteiger partial charge is 0.310 e. The van der Waals surface area contributed by atoms with Gasteiger partial charge in [0.1, 0.15) is 0 Å². The molecule has 0 saturated carbocycles. The number of benzene rings is 8. The molecule has 1 heteroatoms. The summed E-state index contributed by atoms with van der Waals surface area (Å²) in [6.45, 7) is 0. The van der Waals surface area contributed by atoms with Gasteiger partial charge in [0.2, 0.25) is 0 Å². The number of fused-ring (bicyclic) bond motifs is 6. The van der Waals surface area contributed by atoms with Gasteiger partial charge < -0.3 is 4.90 Å². The molecule has 0 radical (unpaired) electrons. The Morgan fingerprint density at radius 2 is 0.795 bits per heavy atom. The molecule has 0 atom stereocenters. The summed E-state index contributed by atoms with van der Waals surface area (Å²) < 4.78 is 0. The lowest BCUT2D eigenvalue weighted by Crippen LogP contribution is -2.10. The number of anilines is 3. The summed E-state index contributed by atoms with van der Waals surface area (Å²) in [4.78, 5) is 2.41. The fraction of sp³-hybridized carbons (Fsp3) is 0. The van der Waals surface area contributed by atoms with Crippen molar-refractivity contribution in [2.24, 2.45) is 0 Å². The first-order chi connectivity index (χ1) is 19.3. The van der Waals surface area contributed by atoms with Crippen molar-refractivity contribution in [2.75, 3.05) is 4.90 Å². The Kier molecular flexibility index (Phi) is 4.89. The van der Waals surface area contributed by atoms with Crippen LogP contribution in [0.25, 0.3) is 53.9 Å². The van der Waals surface area contributed by atoms with Gasteiger partial charge in [0.15, 0.2) is 0 Å². The topological polar surface area (TPSA) is 3.24 Å². The molecule has 39 heavy (non-hydrogen) atoms. The zero-order chi connectivity index (χ0) is 25.8. The zero-order valence-electron chi connectivity index (χ0n) is 21.4. The predicted molar refractivity (Wildman–Crippen MR) is 169 cm³/mol. The van der Waals surface area contributed by atoms with E-state index < -0.39 is 0 Å². The van der Waals surface area contributed by atoms with Crippen molar-refractivity contribution < 1.29 is 0 Å². The number of rotatable bonds is 3. The van der Waals surface area contributed by atoms with E-state index in [9.17, 15) is 0 Å². The van der Waals surface area contributed by atoms with Crippen LogP contribution in [0.2, 0.25) is 0 Å². The lowest BCUT2D eigenvalue weighted by Gasteiger charge is -2.28. The van der Waals surface area contributed by atoms with Crippen LogP contribution in [-0.2, 0) is 0 Å². The van der Waals surface area contributed by atoms with Crippen LogP contribution < -0.4 is 4.90 Å². The highest BCUT2D eigenvalue weighted by Gasteiger charge is 2.17. The minimum Gasteiger partial charge on any atom is -0.310 e. The molecule has 0 aliphatic carbocycles. The molecule has 8 rings (SSSR count). The van der Waals surface area contributed by atoms with Crippen LogP contribution in [0.15, 0.2) is 152 Å². The van der Waals surface area contributed by atoms with Gasteiger partial charge in [-0.1, -0.05) is 109 Å². The van der Waals surface area contributed by atoms with Gasteiger partial charge in [-0.05, 0) is 90.9 Å². The molecule has 0 aliphatic rings. The first-order valence-electron chi connectivity index (χ1n) is 13.4. The first kappa shape index (κ1) is 21.9. The van der Waals surface area contributed by atoms with Crippen LogP contribution >= 0.6 is 0 Å². The summed E-state index contributed by atoms with van der Waals surface area (Å²) in [7, 11) is 0. The fourth-order valence-electron chi connectivity index (χ4n) is 6.02. The molecule has 0 aromatic heterocycles. The van der Waals surface area contributed by atoms with Crippen molar-refractivity contribution in [3.63, 3.8) is 0 Å². The predicted octanol–water partition coefficient (Wildman–Crippen LogP) is 10.9. The Morgan fingerprint density at radius 3 is 1.41 bits per heavy atom. The van der Waals surface area contributed by atoms with Crippen molar-refractivity contribution in [3.05, 3.63) is 152 Å². The van der Waals surface area contributed by atoms with Gasteiger partial charge in [0.25, 0.3) is 0 Å². The van der Waals surface area contributed by atoms with Crippen LogP contribution in [0.3, 0.4) is 0 Å². The quantitative estimate of drug-likeness (QED) is 0.174. The van der Waals surface area contributed by atoms with Gasteiger partial charge in [-0.2, -0.15) is 0 Å². The fourth-order valence-corrected chi connectivity index (χ4v) is 6.02. The van der Waals surface area contributed by atoms with E-state index in [4.69, 9.17) is 0 Å². The summed E-state index contributed by atoms with van der Waals surface area (Å²) in [6.07, 6.45) is 0. The molecule has 8 aromatic carbocycles. The van der Waals surface area contributed by atoms with E-state index in [0.717, 1.165) is 11.4 Å². The Bertz CT molecular complexity index is 2110. The third-order valence-corrected chi connectivity index (χ3v) is 7.94. The first-order valence-corrected chi connectivity index (χ1v) is 13.4. The van der Waals surface area contributed by atoms with Crippen molar-refractivity contribution in [3.8, 4) is 0 Å². The highest BCUT2D eigenvalue weighted by atomic mass is 15.1. The molecule has 8 aromatic rings. The SMILES string of the molecule is c1ccc2cc(N(c3ccc4ccccc4c3)c3cccc4c3ccc3cc5ccccc5cc34)ccc2c1. The van der Waals surface area contributed by atoms with E-state index in [0.29, 0.717) is 0 Å². The van der Waals surface area contributed by atoms with Crippen LogP contribution in [0, 0.1) is 0 Å². The van der Waals surface area contributed by atoms with E-state index in [2.05, 4.69) is 157 Å². The van der Waals surface area contributed by atoms with Crippen molar-refractivity contribution >= 4 is 70.9 Å². The summed E-state index contributed by atoms with van der Waals surface area (Å²) in [5.74, 6) is 0. The standard InChI is InChI=1S/C38H25N/c1-3-11-29-23-33(19-16-26(29)8-1)39(34-20-17-27-9-2-4-12-30(27)24-34)38-15-7-14-35-36(38)21-18-32-22-28-10-5-6-13-31(28)25-37(32)35/h1-25H. The highest BCUT2D eigenvalue weighted by Crippen LogP contribution is 2.42. The van der Waals surface area contributed by atoms with E-state index in [-0.39, 0.29) is 0 Å². The van der Waals surface area contributed by atoms with E-state index in [1.54, 1.807) is 0 Å². The maximum atomic E-state index is 2.41. The molecule has 0 spiro atoms. The molecule has 0 saturated heterocycles. The number of hydrogen-bond acceptors (Lipinski definition) is 1. The molecule has 0 heterocycles. The van der Waals surface area contributed by atoms with E-state index in [1.165, 1.54) is 59.5 Å². The lowest BCUT2D eigenvalue weighted by molar-refractivity contribution is 1.31. The maximum absolute atomic E-state index is 2.41. The average molecular weight is 496 g/mol. The molecule has 0 N–H and O–H groups in total. The monoisotopic (exact) mass is 495 g/mol. The Morgan fingerprint density at radius 1 is 0.282 bits per heavy atom. The molecular weight excluding hydrogens is 470 g/mol. The molecule has 0 fully saturated rings.